The molecule has 0 atom stereocenters. The third kappa shape index (κ3) is 3.75. The lowest BCUT2D eigenvalue weighted by atomic mass is 10.3. The molecule has 0 saturated heterocycles. The molecule has 0 unspecified atom stereocenters. The van der Waals surface area contributed by atoms with Crippen LogP contribution in [0.5, 0.6) is 0 Å². The van der Waals surface area contributed by atoms with Gasteiger partial charge in [0.05, 0.1) is 6.42 Å². The van der Waals surface area contributed by atoms with Gasteiger partial charge in [-0.15, -0.1) is 0 Å². The third-order valence-electron chi connectivity index (χ3n) is 1.72. The molecule has 0 aromatic carbocycles. The predicted octanol–water partition coefficient (Wildman–Crippen LogP) is 0.496. The van der Waals surface area contributed by atoms with Crippen molar-refractivity contribution in [1.82, 2.24) is 10.3 Å². The molecule has 1 heterocycles. The van der Waals surface area contributed by atoms with Crippen LogP contribution in [-0.4, -0.2) is 22.0 Å². The molecule has 1 aromatic rings. The fourth-order valence-corrected chi connectivity index (χ4v) is 0.978. The maximum absolute atomic E-state index is 11.1. The van der Waals surface area contributed by atoms with Gasteiger partial charge in [0, 0.05) is 25.4 Å². The molecular weight excluding hydrogens is 184 g/mol. The Kier molecular flexibility index (Phi) is 3.72. The number of hydrogen-bond donors (Lipinski definition) is 3. The van der Waals surface area contributed by atoms with E-state index < -0.39 is 5.97 Å². The van der Waals surface area contributed by atoms with Crippen LogP contribution < -0.4 is 5.32 Å². The van der Waals surface area contributed by atoms with Gasteiger partial charge in [-0.3, -0.25) is 9.59 Å². The molecule has 0 aliphatic carbocycles. The Morgan fingerprint density at radius 1 is 1.43 bits per heavy atom. The standard InChI is InChI=1S/C9H12N2O3/c12-8(1-2-9(13)14)11-6-7-3-4-10-5-7/h3-5,10H,1-2,6H2,(H,11,12)(H,13,14). The first-order valence-corrected chi connectivity index (χ1v) is 4.28. The van der Waals surface area contributed by atoms with Gasteiger partial charge in [0.25, 0.3) is 0 Å². The second-order valence-electron chi connectivity index (χ2n) is 2.89. The maximum atomic E-state index is 11.1. The molecule has 0 aliphatic rings. The second kappa shape index (κ2) is 5.06. The van der Waals surface area contributed by atoms with E-state index in [4.69, 9.17) is 5.11 Å². The average molecular weight is 196 g/mol. The zero-order valence-corrected chi connectivity index (χ0v) is 7.62. The van der Waals surface area contributed by atoms with Crippen LogP contribution in [0, 0.1) is 0 Å². The van der Waals surface area contributed by atoms with Crippen LogP contribution in [0.25, 0.3) is 0 Å². The van der Waals surface area contributed by atoms with E-state index in [1.807, 2.05) is 6.07 Å². The molecular formula is C9H12N2O3. The van der Waals surface area contributed by atoms with Crippen LogP contribution in [0.1, 0.15) is 18.4 Å². The lowest BCUT2D eigenvalue weighted by Gasteiger charge is -2.01. The molecule has 5 nitrogen and oxygen atoms in total. The number of carbonyl (C=O) groups is 2. The monoisotopic (exact) mass is 196 g/mol. The van der Waals surface area contributed by atoms with Gasteiger partial charge in [-0.05, 0) is 11.6 Å². The van der Waals surface area contributed by atoms with Crippen molar-refractivity contribution >= 4 is 11.9 Å². The van der Waals surface area contributed by atoms with Crippen LogP contribution in [0.4, 0.5) is 0 Å². The van der Waals surface area contributed by atoms with E-state index in [1.54, 1.807) is 12.4 Å². The summed E-state index contributed by atoms with van der Waals surface area (Å²) in [5, 5.41) is 10.9. The Bertz CT molecular complexity index is 306. The van der Waals surface area contributed by atoms with E-state index in [9.17, 15) is 9.59 Å². The molecule has 0 aliphatic heterocycles. The topological polar surface area (TPSA) is 82.2 Å². The molecule has 0 saturated carbocycles. The first-order valence-electron chi connectivity index (χ1n) is 4.28. The highest BCUT2D eigenvalue weighted by Gasteiger charge is 2.04. The van der Waals surface area contributed by atoms with Gasteiger partial charge in [0.15, 0.2) is 0 Å². The number of amides is 1. The molecule has 5 heteroatoms. The fourth-order valence-electron chi connectivity index (χ4n) is 0.978. The minimum atomic E-state index is -0.957. The molecule has 14 heavy (non-hydrogen) atoms. The summed E-state index contributed by atoms with van der Waals surface area (Å²) in [6.07, 6.45) is 3.44. The summed E-state index contributed by atoms with van der Waals surface area (Å²) in [5.41, 5.74) is 0.966. The highest BCUT2D eigenvalue weighted by Crippen LogP contribution is 1.96. The second-order valence-corrected chi connectivity index (χ2v) is 2.89. The van der Waals surface area contributed by atoms with Gasteiger partial charge in [0.2, 0.25) is 5.91 Å². The Hall–Kier alpha value is -1.78. The lowest BCUT2D eigenvalue weighted by molar-refractivity contribution is -0.138. The van der Waals surface area contributed by atoms with Crippen molar-refractivity contribution in [1.29, 1.82) is 0 Å². The van der Waals surface area contributed by atoms with Gasteiger partial charge in [-0.25, -0.2) is 0 Å². The van der Waals surface area contributed by atoms with Gasteiger partial charge >= 0.3 is 5.97 Å². The molecule has 1 rings (SSSR count). The number of carbonyl (C=O) groups excluding carboxylic acids is 1. The Morgan fingerprint density at radius 2 is 2.21 bits per heavy atom. The molecule has 0 spiro atoms. The van der Waals surface area contributed by atoms with Crippen molar-refractivity contribution in [2.75, 3.05) is 0 Å². The molecule has 0 radical (unpaired) electrons. The van der Waals surface area contributed by atoms with E-state index >= 15 is 0 Å². The first kappa shape index (κ1) is 10.3. The highest BCUT2D eigenvalue weighted by atomic mass is 16.4. The van der Waals surface area contributed by atoms with E-state index in [2.05, 4.69) is 10.3 Å². The summed E-state index contributed by atoms with van der Waals surface area (Å²) >= 11 is 0. The number of rotatable bonds is 5. The number of aliphatic carboxylic acids is 1. The molecule has 1 amide bonds. The minimum Gasteiger partial charge on any atom is -0.481 e. The van der Waals surface area contributed by atoms with Crippen LogP contribution in [-0.2, 0) is 16.1 Å². The quantitative estimate of drug-likeness (QED) is 0.641. The van der Waals surface area contributed by atoms with Crippen molar-refractivity contribution in [3.8, 4) is 0 Å². The Balaban J connectivity index is 2.18. The van der Waals surface area contributed by atoms with Crippen LogP contribution in [0.2, 0.25) is 0 Å². The summed E-state index contributed by atoms with van der Waals surface area (Å²) < 4.78 is 0. The van der Waals surface area contributed by atoms with E-state index in [0.717, 1.165) is 5.56 Å². The van der Waals surface area contributed by atoms with Gasteiger partial charge in [-0.1, -0.05) is 0 Å². The normalized spacial score (nSPS) is 9.71. The summed E-state index contributed by atoms with van der Waals surface area (Å²) in [5.74, 6) is -1.20. The third-order valence-corrected chi connectivity index (χ3v) is 1.72. The highest BCUT2D eigenvalue weighted by molar-refractivity contribution is 5.80. The van der Waals surface area contributed by atoms with Crippen LogP contribution in [0.3, 0.4) is 0 Å². The van der Waals surface area contributed by atoms with Gasteiger partial charge in [0.1, 0.15) is 0 Å². The molecule has 76 valence electrons. The zero-order chi connectivity index (χ0) is 10.4. The summed E-state index contributed by atoms with van der Waals surface area (Å²) in [6, 6.07) is 1.84. The average Bonchev–Trinajstić information content (AvgIpc) is 2.63. The number of aromatic nitrogens is 1. The van der Waals surface area contributed by atoms with Crippen LogP contribution in [0.15, 0.2) is 18.5 Å². The number of aromatic amines is 1. The lowest BCUT2D eigenvalue weighted by Crippen LogP contribution is -2.22. The SMILES string of the molecule is O=C(O)CCC(=O)NCc1cc[nH]c1. The van der Waals surface area contributed by atoms with Gasteiger partial charge in [-0.2, -0.15) is 0 Å². The number of carboxylic acids is 1. The molecule has 0 bridgehead atoms. The van der Waals surface area contributed by atoms with Crippen molar-refractivity contribution in [3.63, 3.8) is 0 Å². The first-order chi connectivity index (χ1) is 6.68. The number of hydrogen-bond acceptors (Lipinski definition) is 2. The summed E-state index contributed by atoms with van der Waals surface area (Å²) in [7, 11) is 0. The fraction of sp³-hybridized carbons (Fsp3) is 0.333. The van der Waals surface area contributed by atoms with E-state index in [-0.39, 0.29) is 18.7 Å². The number of carboxylic acid groups (broad SMARTS) is 1. The van der Waals surface area contributed by atoms with Crippen molar-refractivity contribution in [3.05, 3.63) is 24.0 Å². The Morgan fingerprint density at radius 3 is 2.79 bits per heavy atom. The van der Waals surface area contributed by atoms with Crippen molar-refractivity contribution in [2.24, 2.45) is 0 Å². The van der Waals surface area contributed by atoms with Crippen molar-refractivity contribution in [2.45, 2.75) is 19.4 Å². The van der Waals surface area contributed by atoms with Crippen LogP contribution >= 0.6 is 0 Å². The number of nitrogens with one attached hydrogen (secondary N) is 2. The smallest absolute Gasteiger partial charge is 0.303 e. The number of H-pyrrole nitrogens is 1. The molecule has 3 N–H and O–H groups in total. The summed E-state index contributed by atoms with van der Waals surface area (Å²) in [4.78, 5) is 24.1. The Labute approximate surface area is 81.1 Å². The van der Waals surface area contributed by atoms with Crippen molar-refractivity contribution < 1.29 is 14.7 Å². The van der Waals surface area contributed by atoms with E-state index in [0.29, 0.717) is 6.54 Å². The zero-order valence-electron chi connectivity index (χ0n) is 7.62. The largest absolute Gasteiger partial charge is 0.481 e. The van der Waals surface area contributed by atoms with E-state index in [1.165, 1.54) is 0 Å². The summed E-state index contributed by atoms with van der Waals surface area (Å²) in [6.45, 7) is 0.432. The molecule has 0 fully saturated rings. The molecule has 1 aromatic heterocycles. The predicted molar refractivity (Wildman–Crippen MR) is 49.5 cm³/mol. The van der Waals surface area contributed by atoms with Gasteiger partial charge < -0.3 is 15.4 Å². The maximum Gasteiger partial charge on any atom is 0.303 e. The minimum absolute atomic E-state index is 0.0275.